The Bertz CT molecular complexity index is 584. The van der Waals surface area contributed by atoms with E-state index < -0.39 is 10.2 Å². The molecule has 3 N–H and O–H groups in total. The molecule has 0 aliphatic carbocycles. The fourth-order valence-electron chi connectivity index (χ4n) is 1.57. The summed E-state index contributed by atoms with van der Waals surface area (Å²) in [6, 6.07) is 5.06. The van der Waals surface area contributed by atoms with Crippen LogP contribution in [-0.2, 0) is 10.2 Å². The molecule has 0 saturated heterocycles. The van der Waals surface area contributed by atoms with Crippen molar-refractivity contribution in [1.82, 2.24) is 0 Å². The zero-order valence-electron chi connectivity index (χ0n) is 9.71. The second-order valence-corrected chi connectivity index (χ2v) is 5.90. The van der Waals surface area contributed by atoms with E-state index in [4.69, 9.17) is 10.5 Å². The molecule has 0 atom stereocenters. The van der Waals surface area contributed by atoms with E-state index in [1.807, 2.05) is 6.26 Å². The van der Waals surface area contributed by atoms with Crippen LogP contribution in [0.25, 0.3) is 0 Å². The van der Waals surface area contributed by atoms with Gasteiger partial charge < -0.3 is 10.5 Å². The standard InChI is InChI=1S/C10H13N3O3S2/c1-17-6-5-16-8-4-2-3-7-9(8)10(11)13-18(14,15)12-7/h2-4,12H,5-6H2,1H3,(H2,11,13). The van der Waals surface area contributed by atoms with Crippen LogP contribution in [-0.4, -0.2) is 32.9 Å². The maximum Gasteiger partial charge on any atom is 0.344 e. The van der Waals surface area contributed by atoms with Crippen molar-refractivity contribution in [3.63, 3.8) is 0 Å². The van der Waals surface area contributed by atoms with Gasteiger partial charge >= 0.3 is 10.2 Å². The van der Waals surface area contributed by atoms with Crippen LogP contribution in [0.2, 0.25) is 0 Å². The van der Waals surface area contributed by atoms with Crippen LogP contribution < -0.4 is 15.2 Å². The predicted molar refractivity (Wildman–Crippen MR) is 73.6 cm³/mol. The molecule has 0 fully saturated rings. The van der Waals surface area contributed by atoms with Crippen LogP contribution in [0.3, 0.4) is 0 Å². The molecule has 1 aliphatic heterocycles. The van der Waals surface area contributed by atoms with Gasteiger partial charge in [0.1, 0.15) is 5.75 Å². The number of anilines is 1. The minimum Gasteiger partial charge on any atom is -0.492 e. The van der Waals surface area contributed by atoms with E-state index in [1.165, 1.54) is 0 Å². The maximum absolute atomic E-state index is 11.4. The Labute approximate surface area is 110 Å². The molecule has 0 radical (unpaired) electrons. The SMILES string of the molecule is CSCCOc1cccc2c1C(N)=NS(=O)(=O)N2. The van der Waals surface area contributed by atoms with E-state index in [9.17, 15) is 8.42 Å². The molecule has 2 rings (SSSR count). The summed E-state index contributed by atoms with van der Waals surface area (Å²) in [6.45, 7) is 0.525. The molecule has 1 heterocycles. The van der Waals surface area contributed by atoms with Gasteiger partial charge in [-0.2, -0.15) is 20.2 Å². The Morgan fingerprint density at radius 2 is 2.28 bits per heavy atom. The number of rotatable bonds is 4. The van der Waals surface area contributed by atoms with Gasteiger partial charge in [0.25, 0.3) is 0 Å². The first-order chi connectivity index (χ1) is 8.53. The monoisotopic (exact) mass is 287 g/mol. The summed E-state index contributed by atoms with van der Waals surface area (Å²) in [4.78, 5) is 0. The molecule has 0 aromatic heterocycles. The summed E-state index contributed by atoms with van der Waals surface area (Å²) in [5.41, 5.74) is 6.56. The van der Waals surface area contributed by atoms with Crippen LogP contribution >= 0.6 is 11.8 Å². The number of benzene rings is 1. The molecule has 8 heteroatoms. The fraction of sp³-hybridized carbons (Fsp3) is 0.300. The molecule has 0 saturated carbocycles. The van der Waals surface area contributed by atoms with Gasteiger partial charge in [-0.15, -0.1) is 4.40 Å². The van der Waals surface area contributed by atoms with E-state index in [0.717, 1.165) is 5.75 Å². The van der Waals surface area contributed by atoms with Crippen molar-refractivity contribution in [3.8, 4) is 5.75 Å². The molecule has 6 nitrogen and oxygen atoms in total. The molecular formula is C10H13N3O3S2. The quantitative estimate of drug-likeness (QED) is 0.799. The lowest BCUT2D eigenvalue weighted by Crippen LogP contribution is -2.27. The van der Waals surface area contributed by atoms with Crippen molar-refractivity contribution in [1.29, 1.82) is 0 Å². The predicted octanol–water partition coefficient (Wildman–Crippen LogP) is 0.804. The van der Waals surface area contributed by atoms with Crippen LogP contribution in [0.15, 0.2) is 22.6 Å². The first-order valence-corrected chi connectivity index (χ1v) is 8.00. The van der Waals surface area contributed by atoms with Gasteiger partial charge in [-0.1, -0.05) is 6.07 Å². The van der Waals surface area contributed by atoms with Gasteiger partial charge in [0.2, 0.25) is 0 Å². The number of ether oxygens (including phenoxy) is 1. The Kier molecular flexibility index (Phi) is 3.67. The van der Waals surface area contributed by atoms with Crippen LogP contribution in [0, 0.1) is 0 Å². The third-order valence-corrected chi connectivity index (χ3v) is 3.77. The van der Waals surface area contributed by atoms with Crippen LogP contribution in [0.1, 0.15) is 5.56 Å². The minimum absolute atomic E-state index is 0.0523. The first-order valence-electron chi connectivity index (χ1n) is 5.17. The fourth-order valence-corrected chi connectivity index (χ4v) is 2.67. The van der Waals surface area contributed by atoms with E-state index in [0.29, 0.717) is 23.6 Å². The number of fused-ring (bicyclic) bond motifs is 1. The molecule has 0 unspecified atom stereocenters. The zero-order chi connectivity index (χ0) is 13.2. The second-order valence-electron chi connectivity index (χ2n) is 3.57. The van der Waals surface area contributed by atoms with Crippen molar-refractivity contribution in [2.24, 2.45) is 10.1 Å². The maximum atomic E-state index is 11.4. The lowest BCUT2D eigenvalue weighted by molar-refractivity contribution is 0.343. The molecule has 1 aromatic carbocycles. The Balaban J connectivity index is 2.36. The number of nitrogens with zero attached hydrogens (tertiary/aromatic N) is 1. The van der Waals surface area contributed by atoms with E-state index >= 15 is 0 Å². The van der Waals surface area contributed by atoms with Gasteiger partial charge in [0.05, 0.1) is 17.9 Å². The average Bonchev–Trinajstić information content (AvgIpc) is 2.27. The van der Waals surface area contributed by atoms with Gasteiger partial charge in [-0.3, -0.25) is 4.72 Å². The largest absolute Gasteiger partial charge is 0.492 e. The highest BCUT2D eigenvalue weighted by Crippen LogP contribution is 2.30. The first kappa shape index (κ1) is 13.0. The number of amidine groups is 1. The summed E-state index contributed by atoms with van der Waals surface area (Å²) in [7, 11) is -3.73. The molecule has 0 bridgehead atoms. The summed E-state index contributed by atoms with van der Waals surface area (Å²) in [6.07, 6.45) is 1.98. The molecule has 0 amide bonds. The van der Waals surface area contributed by atoms with Crippen LogP contribution in [0.5, 0.6) is 5.75 Å². The third kappa shape index (κ3) is 2.70. The number of nitrogens with one attached hydrogen (secondary N) is 1. The number of hydrogen-bond acceptors (Lipinski definition) is 5. The summed E-state index contributed by atoms with van der Waals surface area (Å²) in [5, 5.41) is 0. The smallest absolute Gasteiger partial charge is 0.344 e. The van der Waals surface area contributed by atoms with Gasteiger partial charge in [-0.25, -0.2) is 0 Å². The van der Waals surface area contributed by atoms with Crippen LogP contribution in [0.4, 0.5) is 5.69 Å². The molecule has 1 aromatic rings. The Morgan fingerprint density at radius 3 is 3.00 bits per heavy atom. The van der Waals surface area contributed by atoms with Crippen molar-refractivity contribution in [2.45, 2.75) is 0 Å². The molecule has 18 heavy (non-hydrogen) atoms. The topological polar surface area (TPSA) is 93.8 Å². The molecule has 98 valence electrons. The lowest BCUT2D eigenvalue weighted by Gasteiger charge is -2.18. The van der Waals surface area contributed by atoms with Crippen molar-refractivity contribution in [2.75, 3.05) is 23.3 Å². The second kappa shape index (κ2) is 5.07. The van der Waals surface area contributed by atoms with Crippen molar-refractivity contribution >= 4 is 33.5 Å². The van der Waals surface area contributed by atoms with Gasteiger partial charge in [0.15, 0.2) is 5.84 Å². The Morgan fingerprint density at radius 1 is 1.50 bits per heavy atom. The molecular weight excluding hydrogens is 274 g/mol. The van der Waals surface area contributed by atoms with Gasteiger partial charge in [0, 0.05) is 5.75 Å². The summed E-state index contributed by atoms with van der Waals surface area (Å²) >= 11 is 1.66. The summed E-state index contributed by atoms with van der Waals surface area (Å²) in [5.74, 6) is 1.32. The van der Waals surface area contributed by atoms with Crippen molar-refractivity contribution < 1.29 is 13.2 Å². The van der Waals surface area contributed by atoms with E-state index in [2.05, 4.69) is 9.12 Å². The zero-order valence-corrected chi connectivity index (χ0v) is 11.3. The highest BCUT2D eigenvalue weighted by molar-refractivity contribution is 7.98. The minimum atomic E-state index is -3.73. The average molecular weight is 287 g/mol. The summed E-state index contributed by atoms with van der Waals surface area (Å²) < 4.78 is 34.0. The van der Waals surface area contributed by atoms with Crippen molar-refractivity contribution in [3.05, 3.63) is 23.8 Å². The molecule has 0 spiro atoms. The Hall–Kier alpha value is -1.41. The van der Waals surface area contributed by atoms with E-state index in [1.54, 1.807) is 30.0 Å². The normalized spacial score (nSPS) is 16.4. The third-order valence-electron chi connectivity index (χ3n) is 2.28. The van der Waals surface area contributed by atoms with Gasteiger partial charge in [-0.05, 0) is 18.4 Å². The number of nitrogens with two attached hydrogens (primary N) is 1. The number of thioether (sulfide) groups is 1. The lowest BCUT2D eigenvalue weighted by atomic mass is 10.1. The highest BCUT2D eigenvalue weighted by atomic mass is 32.2. The number of hydrogen-bond donors (Lipinski definition) is 2. The molecule has 1 aliphatic rings. The van der Waals surface area contributed by atoms with E-state index in [-0.39, 0.29) is 5.84 Å². The highest BCUT2D eigenvalue weighted by Gasteiger charge is 2.24.